The number of sulfonamides is 1. The number of anilines is 2. The molecule has 0 aromatic heterocycles. The molecule has 0 heterocycles. The maximum atomic E-state index is 12.9. The zero-order valence-corrected chi connectivity index (χ0v) is 20.3. The van der Waals surface area contributed by atoms with Crippen LogP contribution in [0.4, 0.5) is 11.4 Å². The average molecular weight is 480 g/mol. The van der Waals surface area contributed by atoms with E-state index in [-0.39, 0.29) is 18.5 Å². The van der Waals surface area contributed by atoms with Gasteiger partial charge in [0.2, 0.25) is 10.0 Å². The number of rotatable bonds is 9. The van der Waals surface area contributed by atoms with Crippen LogP contribution in [0, 0.1) is 0 Å². The minimum absolute atomic E-state index is 0.0116. The summed E-state index contributed by atoms with van der Waals surface area (Å²) in [6.45, 7) is 4.08. The van der Waals surface area contributed by atoms with E-state index in [0.717, 1.165) is 18.2 Å². The topological polar surface area (TPSA) is 95.6 Å². The molecule has 0 radical (unpaired) electrons. The first-order chi connectivity index (χ1) is 16.2. The number of carbonyl (C=O) groups excluding carboxylic acids is 2. The lowest BCUT2D eigenvalue weighted by molar-refractivity contribution is 0.0940. The minimum atomic E-state index is -3.54. The average Bonchev–Trinajstić information content (AvgIpc) is 2.82. The Balaban J connectivity index is 1.78. The van der Waals surface area contributed by atoms with Crippen LogP contribution in [0.1, 0.15) is 46.5 Å². The Bertz CT molecular complexity index is 1240. The summed E-state index contributed by atoms with van der Waals surface area (Å²) < 4.78 is 26.1. The smallest absolute Gasteiger partial charge is 0.255 e. The van der Waals surface area contributed by atoms with Gasteiger partial charge in [-0.15, -0.1) is 0 Å². The molecule has 0 saturated carbocycles. The molecule has 2 N–H and O–H groups in total. The second-order valence-electron chi connectivity index (χ2n) is 8.08. The van der Waals surface area contributed by atoms with Gasteiger partial charge in [-0.25, -0.2) is 8.42 Å². The van der Waals surface area contributed by atoms with Gasteiger partial charge in [-0.05, 0) is 55.3 Å². The molecule has 178 valence electrons. The molecular formula is C26H29N3O4S. The van der Waals surface area contributed by atoms with E-state index in [9.17, 15) is 18.0 Å². The van der Waals surface area contributed by atoms with Gasteiger partial charge in [0.1, 0.15) is 0 Å². The van der Waals surface area contributed by atoms with Crippen LogP contribution < -0.4 is 14.9 Å². The maximum absolute atomic E-state index is 12.9. The first-order valence-electron chi connectivity index (χ1n) is 11.0. The van der Waals surface area contributed by atoms with Crippen LogP contribution in [0.15, 0.2) is 78.9 Å². The van der Waals surface area contributed by atoms with Crippen molar-refractivity contribution in [1.29, 1.82) is 0 Å². The fourth-order valence-corrected chi connectivity index (χ4v) is 4.20. The van der Waals surface area contributed by atoms with E-state index in [1.165, 1.54) is 4.31 Å². The fourth-order valence-electron chi connectivity index (χ4n) is 3.32. The highest BCUT2D eigenvalue weighted by Gasteiger charge is 2.19. The van der Waals surface area contributed by atoms with Crippen LogP contribution in [0.5, 0.6) is 0 Å². The first-order valence-corrected chi connectivity index (χ1v) is 12.9. The van der Waals surface area contributed by atoms with Gasteiger partial charge in [0.25, 0.3) is 11.8 Å². The molecule has 1 atom stereocenters. The van der Waals surface area contributed by atoms with Gasteiger partial charge in [-0.3, -0.25) is 13.9 Å². The van der Waals surface area contributed by atoms with Crippen LogP contribution in [-0.2, 0) is 16.6 Å². The van der Waals surface area contributed by atoms with Crippen molar-refractivity contribution in [3.05, 3.63) is 95.6 Å². The van der Waals surface area contributed by atoms with Crippen LogP contribution >= 0.6 is 0 Å². The molecule has 0 fully saturated rings. The Morgan fingerprint density at radius 2 is 1.50 bits per heavy atom. The van der Waals surface area contributed by atoms with Crippen molar-refractivity contribution in [2.75, 3.05) is 15.9 Å². The molecule has 2 amide bonds. The Labute approximate surface area is 200 Å². The van der Waals surface area contributed by atoms with Gasteiger partial charge >= 0.3 is 0 Å². The monoisotopic (exact) mass is 479 g/mol. The van der Waals surface area contributed by atoms with Crippen LogP contribution in [0.2, 0.25) is 0 Å². The number of benzene rings is 3. The highest BCUT2D eigenvalue weighted by molar-refractivity contribution is 7.92. The van der Waals surface area contributed by atoms with E-state index in [2.05, 4.69) is 10.6 Å². The molecule has 0 aliphatic rings. The highest BCUT2D eigenvalue weighted by atomic mass is 32.2. The van der Waals surface area contributed by atoms with Crippen LogP contribution in [0.25, 0.3) is 0 Å². The van der Waals surface area contributed by atoms with E-state index in [1.807, 2.05) is 44.2 Å². The molecule has 0 aliphatic heterocycles. The van der Waals surface area contributed by atoms with Gasteiger partial charge in [0.15, 0.2) is 0 Å². The molecule has 0 unspecified atom stereocenters. The Morgan fingerprint density at radius 3 is 2.12 bits per heavy atom. The van der Waals surface area contributed by atoms with Crippen molar-refractivity contribution in [3.8, 4) is 0 Å². The summed E-state index contributed by atoms with van der Waals surface area (Å²) in [6, 6.07) is 22.4. The lowest BCUT2D eigenvalue weighted by Gasteiger charge is -2.22. The van der Waals surface area contributed by atoms with Crippen LogP contribution in [-0.4, -0.2) is 32.5 Å². The van der Waals surface area contributed by atoms with E-state index >= 15 is 0 Å². The summed E-state index contributed by atoms with van der Waals surface area (Å²) >= 11 is 0. The fraction of sp³-hybridized carbons (Fsp3) is 0.231. The van der Waals surface area contributed by atoms with E-state index in [0.29, 0.717) is 22.5 Å². The standard InChI is InChI=1S/C26H29N3O4S/c1-4-19(2)27-26(31)23-12-8-9-13-24(23)28-25(30)21-14-16-22(17-15-21)29(34(3,32)33)18-20-10-6-5-7-11-20/h5-17,19H,4,18H2,1-3H3,(H,27,31)(H,28,30)/t19-/m1/s1. The molecule has 8 heteroatoms. The number of amides is 2. The highest BCUT2D eigenvalue weighted by Crippen LogP contribution is 2.22. The lowest BCUT2D eigenvalue weighted by atomic mass is 10.1. The van der Waals surface area contributed by atoms with Gasteiger partial charge in [-0.2, -0.15) is 0 Å². The number of nitrogens with one attached hydrogen (secondary N) is 2. The van der Waals surface area contributed by atoms with Crippen molar-refractivity contribution in [1.82, 2.24) is 5.32 Å². The number of carbonyl (C=O) groups is 2. The van der Waals surface area contributed by atoms with Crippen molar-refractivity contribution < 1.29 is 18.0 Å². The molecule has 3 rings (SSSR count). The molecule has 0 spiro atoms. The number of hydrogen-bond donors (Lipinski definition) is 2. The molecule has 0 saturated heterocycles. The van der Waals surface area contributed by atoms with E-state index in [1.54, 1.807) is 48.5 Å². The van der Waals surface area contributed by atoms with Crippen molar-refractivity contribution in [2.24, 2.45) is 0 Å². The van der Waals surface area contributed by atoms with Gasteiger partial charge < -0.3 is 10.6 Å². The van der Waals surface area contributed by atoms with E-state index < -0.39 is 15.9 Å². The molecule has 7 nitrogen and oxygen atoms in total. The molecule has 3 aromatic carbocycles. The number of hydrogen-bond acceptors (Lipinski definition) is 4. The predicted octanol–water partition coefficient (Wildman–Crippen LogP) is 4.43. The Morgan fingerprint density at radius 1 is 0.882 bits per heavy atom. The quantitative estimate of drug-likeness (QED) is 0.475. The third-order valence-corrected chi connectivity index (χ3v) is 6.54. The summed E-state index contributed by atoms with van der Waals surface area (Å²) in [5.41, 5.74) is 2.42. The summed E-state index contributed by atoms with van der Waals surface area (Å²) in [4.78, 5) is 25.5. The molecular weight excluding hydrogens is 450 g/mol. The minimum Gasteiger partial charge on any atom is -0.350 e. The van der Waals surface area contributed by atoms with Crippen LogP contribution in [0.3, 0.4) is 0 Å². The molecule has 34 heavy (non-hydrogen) atoms. The Hall–Kier alpha value is -3.65. The summed E-state index contributed by atoms with van der Waals surface area (Å²) in [7, 11) is -3.54. The molecule has 3 aromatic rings. The Kier molecular flexibility index (Phi) is 8.07. The molecule has 0 bridgehead atoms. The SMILES string of the molecule is CC[C@@H](C)NC(=O)c1ccccc1NC(=O)c1ccc(N(Cc2ccccc2)S(C)(=O)=O)cc1. The van der Waals surface area contributed by atoms with Crippen molar-refractivity contribution in [3.63, 3.8) is 0 Å². The molecule has 0 aliphatic carbocycles. The first kappa shape index (κ1) is 25.0. The zero-order valence-electron chi connectivity index (χ0n) is 19.5. The van der Waals surface area contributed by atoms with Gasteiger partial charge in [-0.1, -0.05) is 49.4 Å². The van der Waals surface area contributed by atoms with Crippen molar-refractivity contribution in [2.45, 2.75) is 32.9 Å². The summed E-state index contributed by atoms with van der Waals surface area (Å²) in [5, 5.41) is 5.69. The number of nitrogens with zero attached hydrogens (tertiary/aromatic N) is 1. The van der Waals surface area contributed by atoms with E-state index in [4.69, 9.17) is 0 Å². The predicted molar refractivity (Wildman–Crippen MR) is 136 cm³/mol. The zero-order chi connectivity index (χ0) is 24.7. The normalized spacial score (nSPS) is 12.0. The summed E-state index contributed by atoms with van der Waals surface area (Å²) in [6.07, 6.45) is 1.94. The largest absolute Gasteiger partial charge is 0.350 e. The van der Waals surface area contributed by atoms with Crippen molar-refractivity contribution >= 4 is 33.2 Å². The third kappa shape index (κ3) is 6.45. The second-order valence-corrected chi connectivity index (χ2v) is 9.99. The van der Waals surface area contributed by atoms with Gasteiger partial charge in [0, 0.05) is 11.6 Å². The third-order valence-electron chi connectivity index (χ3n) is 5.40. The lowest BCUT2D eigenvalue weighted by Crippen LogP contribution is -2.32. The number of para-hydroxylation sites is 1. The second kappa shape index (κ2) is 11.0. The summed E-state index contributed by atoms with van der Waals surface area (Å²) in [5.74, 6) is -0.658. The van der Waals surface area contributed by atoms with Gasteiger partial charge in [0.05, 0.1) is 29.7 Å². The maximum Gasteiger partial charge on any atom is 0.255 e.